The van der Waals surface area contributed by atoms with Gasteiger partial charge in [-0.3, -0.25) is 4.79 Å². The first kappa shape index (κ1) is 22.3. The summed E-state index contributed by atoms with van der Waals surface area (Å²) in [6.07, 6.45) is -0.897. The number of carbonyl (C=O) groups is 1. The average Bonchev–Trinajstić information content (AvgIpc) is 2.89. The number of fused-ring (bicyclic) bond motifs is 1. The third-order valence-electron chi connectivity index (χ3n) is 5.08. The fraction of sp³-hybridized carbons (Fsp3) is 0.125. The summed E-state index contributed by atoms with van der Waals surface area (Å²) in [6.45, 7) is 0.491. The highest BCUT2D eigenvalue weighted by atomic mass is 35.5. The van der Waals surface area contributed by atoms with E-state index >= 15 is 0 Å². The molecule has 4 rings (SSSR count). The molecular formula is C24H20Cl2N4OS. The molecule has 0 aromatic heterocycles. The molecule has 0 saturated heterocycles. The number of halogens is 2. The van der Waals surface area contributed by atoms with Gasteiger partial charge >= 0.3 is 0 Å². The highest BCUT2D eigenvalue weighted by Crippen LogP contribution is 2.29. The van der Waals surface area contributed by atoms with Gasteiger partial charge in [0.25, 0.3) is 5.91 Å². The van der Waals surface area contributed by atoms with Crippen LogP contribution in [-0.4, -0.2) is 29.9 Å². The Labute approximate surface area is 202 Å². The Bertz CT molecular complexity index is 1180. The number of carbonyl (C=O) groups excluding carboxylic acids is 1. The number of anilines is 1. The number of hydrogen-bond donors (Lipinski definition) is 2. The molecule has 0 aliphatic carbocycles. The lowest BCUT2D eigenvalue weighted by Gasteiger charge is -2.22. The Morgan fingerprint density at radius 1 is 1.03 bits per heavy atom. The monoisotopic (exact) mass is 482 g/mol. The van der Waals surface area contributed by atoms with Gasteiger partial charge in [-0.25, -0.2) is 4.99 Å². The van der Waals surface area contributed by atoms with Crippen LogP contribution in [0, 0.1) is 0 Å². The predicted molar refractivity (Wildman–Crippen MR) is 135 cm³/mol. The van der Waals surface area contributed by atoms with Crippen molar-refractivity contribution in [1.29, 1.82) is 0 Å². The number of benzene rings is 3. The molecule has 162 valence electrons. The summed E-state index contributed by atoms with van der Waals surface area (Å²) in [4.78, 5) is 19.6. The summed E-state index contributed by atoms with van der Waals surface area (Å²) in [5.74, 6) is -0.227. The molecule has 1 aliphatic rings. The van der Waals surface area contributed by atoms with Gasteiger partial charge in [0.2, 0.25) is 6.17 Å². The molecule has 0 bridgehead atoms. The lowest BCUT2D eigenvalue weighted by Crippen LogP contribution is -2.49. The molecule has 1 amide bonds. The van der Waals surface area contributed by atoms with Crippen LogP contribution in [0.4, 0.5) is 5.69 Å². The Morgan fingerprint density at radius 3 is 2.44 bits per heavy atom. The number of hydrogen-bond acceptors (Lipinski definition) is 3. The zero-order chi connectivity index (χ0) is 22.7. The average molecular weight is 483 g/mol. The van der Waals surface area contributed by atoms with Gasteiger partial charge < -0.3 is 15.5 Å². The van der Waals surface area contributed by atoms with E-state index in [1.807, 2.05) is 66.7 Å². The maximum Gasteiger partial charge on any atom is 0.272 e. The fourth-order valence-corrected chi connectivity index (χ4v) is 3.91. The number of benzodiazepines with no additional fused rings is 1. The number of rotatable bonds is 4. The van der Waals surface area contributed by atoms with Crippen LogP contribution in [0.3, 0.4) is 0 Å². The third-order valence-corrected chi connectivity index (χ3v) is 5.83. The minimum atomic E-state index is -0.897. The number of likely N-dealkylation sites (N-methyl/N-ethyl adjacent to an activating group) is 1. The van der Waals surface area contributed by atoms with Crippen LogP contribution in [-0.2, 0) is 11.3 Å². The Morgan fingerprint density at radius 2 is 1.72 bits per heavy atom. The van der Waals surface area contributed by atoms with Gasteiger partial charge in [-0.1, -0.05) is 65.7 Å². The highest BCUT2D eigenvalue weighted by molar-refractivity contribution is 7.80. The smallest absolute Gasteiger partial charge is 0.272 e. The van der Waals surface area contributed by atoms with Crippen molar-refractivity contribution in [3.05, 3.63) is 99.5 Å². The van der Waals surface area contributed by atoms with E-state index in [0.717, 1.165) is 22.4 Å². The highest BCUT2D eigenvalue weighted by Gasteiger charge is 2.30. The van der Waals surface area contributed by atoms with Crippen molar-refractivity contribution in [3.8, 4) is 0 Å². The lowest BCUT2D eigenvalue weighted by molar-refractivity contribution is -0.119. The van der Waals surface area contributed by atoms with Gasteiger partial charge in [-0.15, -0.1) is 0 Å². The molecule has 8 heteroatoms. The molecule has 0 saturated carbocycles. The van der Waals surface area contributed by atoms with Gasteiger partial charge in [0.1, 0.15) is 0 Å². The van der Waals surface area contributed by atoms with Crippen LogP contribution in [0.2, 0.25) is 10.0 Å². The second kappa shape index (κ2) is 9.69. The molecule has 1 unspecified atom stereocenters. The van der Waals surface area contributed by atoms with Crippen molar-refractivity contribution in [1.82, 2.24) is 10.6 Å². The Kier molecular flexibility index (Phi) is 6.74. The van der Waals surface area contributed by atoms with E-state index in [2.05, 4.69) is 10.6 Å². The third kappa shape index (κ3) is 4.93. The first-order chi connectivity index (χ1) is 15.4. The standard InChI is InChI=1S/C24H20Cl2N4OS/c1-30-20-12-11-18(26)13-19(20)21(16-5-3-2-4-6-16)28-22(23(30)31)29-24(32)27-14-15-7-9-17(25)10-8-15/h2-13,22H,14H2,1H3,(H2,27,29,32). The zero-order valence-electron chi connectivity index (χ0n) is 17.2. The summed E-state index contributed by atoms with van der Waals surface area (Å²) in [6, 6.07) is 22.6. The summed E-state index contributed by atoms with van der Waals surface area (Å²) in [5, 5.41) is 7.74. The maximum absolute atomic E-state index is 13.2. The quantitative estimate of drug-likeness (QED) is 0.524. The molecule has 0 spiro atoms. The number of nitrogens with one attached hydrogen (secondary N) is 2. The first-order valence-electron chi connectivity index (χ1n) is 9.92. The molecule has 0 fully saturated rings. The summed E-state index contributed by atoms with van der Waals surface area (Å²) in [5.41, 5.74) is 4.07. The van der Waals surface area contributed by atoms with Crippen LogP contribution < -0.4 is 15.5 Å². The van der Waals surface area contributed by atoms with Gasteiger partial charge in [0.05, 0.1) is 11.4 Å². The molecule has 1 heterocycles. The van der Waals surface area contributed by atoms with E-state index in [1.165, 1.54) is 0 Å². The number of nitrogens with zero attached hydrogens (tertiary/aromatic N) is 2. The zero-order valence-corrected chi connectivity index (χ0v) is 19.5. The van der Waals surface area contributed by atoms with E-state index < -0.39 is 6.17 Å². The second-order valence-corrected chi connectivity index (χ2v) is 8.54. The minimum Gasteiger partial charge on any atom is -0.359 e. The first-order valence-corrected chi connectivity index (χ1v) is 11.1. The normalized spacial score (nSPS) is 15.5. The molecule has 1 atom stereocenters. The van der Waals surface area contributed by atoms with E-state index in [-0.39, 0.29) is 5.91 Å². The molecule has 2 N–H and O–H groups in total. The van der Waals surface area contributed by atoms with Gasteiger partial charge in [-0.2, -0.15) is 0 Å². The predicted octanol–water partition coefficient (Wildman–Crippen LogP) is 4.80. The number of amides is 1. The minimum absolute atomic E-state index is 0.227. The number of thiocarbonyl (C=S) groups is 1. The Hall–Kier alpha value is -2.93. The van der Waals surface area contributed by atoms with Crippen molar-refractivity contribution >= 4 is 57.8 Å². The topological polar surface area (TPSA) is 56.7 Å². The van der Waals surface area contributed by atoms with Crippen LogP contribution in [0.1, 0.15) is 16.7 Å². The lowest BCUT2D eigenvalue weighted by atomic mass is 10.0. The van der Waals surface area contributed by atoms with Crippen LogP contribution in [0.25, 0.3) is 0 Å². The molecule has 32 heavy (non-hydrogen) atoms. The molecule has 1 aliphatic heterocycles. The molecule has 3 aromatic rings. The summed E-state index contributed by atoms with van der Waals surface area (Å²) >= 11 is 17.7. The molecule has 3 aromatic carbocycles. The van der Waals surface area contributed by atoms with Crippen molar-refractivity contribution in [3.63, 3.8) is 0 Å². The Balaban J connectivity index is 1.62. The van der Waals surface area contributed by atoms with Crippen LogP contribution in [0.15, 0.2) is 77.8 Å². The summed E-state index contributed by atoms with van der Waals surface area (Å²) < 4.78 is 0. The van der Waals surface area contributed by atoms with E-state index in [0.29, 0.717) is 27.4 Å². The van der Waals surface area contributed by atoms with E-state index in [9.17, 15) is 4.79 Å². The number of aliphatic imine (C=N–C) groups is 1. The fourth-order valence-electron chi connectivity index (χ4n) is 3.43. The van der Waals surface area contributed by atoms with Crippen molar-refractivity contribution < 1.29 is 4.79 Å². The molecule has 5 nitrogen and oxygen atoms in total. The van der Waals surface area contributed by atoms with Crippen LogP contribution >= 0.6 is 35.4 Å². The molecular weight excluding hydrogens is 463 g/mol. The SMILES string of the molecule is CN1C(=O)C(NC(=S)NCc2ccc(Cl)cc2)N=C(c2ccccc2)c2cc(Cl)ccc21. The molecule has 0 radical (unpaired) electrons. The maximum atomic E-state index is 13.2. The van der Waals surface area contributed by atoms with Crippen molar-refractivity contribution in [2.24, 2.45) is 4.99 Å². The van der Waals surface area contributed by atoms with Crippen molar-refractivity contribution in [2.45, 2.75) is 12.7 Å². The largest absolute Gasteiger partial charge is 0.359 e. The van der Waals surface area contributed by atoms with Gasteiger partial charge in [-0.05, 0) is 48.1 Å². The van der Waals surface area contributed by atoms with E-state index in [1.54, 1.807) is 18.0 Å². The van der Waals surface area contributed by atoms with Crippen LogP contribution in [0.5, 0.6) is 0 Å². The van der Waals surface area contributed by atoms with Gasteiger partial charge in [0, 0.05) is 34.8 Å². The second-order valence-electron chi connectivity index (χ2n) is 7.26. The van der Waals surface area contributed by atoms with E-state index in [4.69, 9.17) is 40.4 Å². The van der Waals surface area contributed by atoms with Gasteiger partial charge in [0.15, 0.2) is 5.11 Å². The van der Waals surface area contributed by atoms with Crippen molar-refractivity contribution in [2.75, 3.05) is 11.9 Å². The summed E-state index contributed by atoms with van der Waals surface area (Å²) in [7, 11) is 1.72.